The van der Waals surface area contributed by atoms with Crippen LogP contribution in [0.25, 0.3) is 0 Å². The van der Waals surface area contributed by atoms with E-state index in [0.29, 0.717) is 0 Å². The molecule has 0 amide bonds. The van der Waals surface area contributed by atoms with Gasteiger partial charge in [0.05, 0.1) is 17.5 Å². The summed E-state index contributed by atoms with van der Waals surface area (Å²) in [4.78, 5) is 0. The summed E-state index contributed by atoms with van der Waals surface area (Å²) in [5, 5.41) is 12.7. The minimum Gasteiger partial charge on any atom is -0.312 e. The minimum absolute atomic E-state index is 0.142. The van der Waals surface area contributed by atoms with Crippen LogP contribution in [0.4, 0.5) is 0 Å². The van der Waals surface area contributed by atoms with Gasteiger partial charge in [0.1, 0.15) is 0 Å². The molecule has 0 saturated heterocycles. The Labute approximate surface area is 105 Å². The van der Waals surface area contributed by atoms with Crippen LogP contribution in [-0.4, -0.2) is 7.05 Å². The third kappa shape index (κ3) is 1.88. The van der Waals surface area contributed by atoms with E-state index in [9.17, 15) is 5.26 Å². The molecule has 1 fully saturated rings. The second-order valence-corrected chi connectivity index (χ2v) is 5.31. The maximum Gasteiger partial charge on any atom is 0.0768 e. The molecule has 1 atom stereocenters. The summed E-state index contributed by atoms with van der Waals surface area (Å²) in [7, 11) is 1.93. The fraction of sp³-hybridized carbons (Fsp3) is 0.462. The van der Waals surface area contributed by atoms with Crippen LogP contribution in [0.5, 0.6) is 0 Å². The highest BCUT2D eigenvalue weighted by atomic mass is 79.9. The molecular formula is C13H15BrN2. The van der Waals surface area contributed by atoms with Crippen molar-refractivity contribution in [3.63, 3.8) is 0 Å². The second kappa shape index (κ2) is 4.57. The van der Waals surface area contributed by atoms with Crippen molar-refractivity contribution < 1.29 is 0 Å². The largest absolute Gasteiger partial charge is 0.312 e. The molecule has 0 aliphatic heterocycles. The monoisotopic (exact) mass is 278 g/mol. The van der Waals surface area contributed by atoms with Crippen molar-refractivity contribution in [2.75, 3.05) is 7.05 Å². The lowest BCUT2D eigenvalue weighted by Crippen LogP contribution is -2.40. The predicted molar refractivity (Wildman–Crippen MR) is 67.8 cm³/mol. The van der Waals surface area contributed by atoms with Crippen LogP contribution in [0.15, 0.2) is 28.7 Å². The summed E-state index contributed by atoms with van der Waals surface area (Å²) >= 11 is 3.48. The average molecular weight is 279 g/mol. The Balaban J connectivity index is 2.33. The summed E-state index contributed by atoms with van der Waals surface area (Å²) in [6, 6.07) is 10.9. The third-order valence-corrected chi connectivity index (χ3v) is 3.98. The zero-order valence-corrected chi connectivity index (χ0v) is 10.9. The van der Waals surface area contributed by atoms with Gasteiger partial charge in [-0.15, -0.1) is 0 Å². The van der Waals surface area contributed by atoms with Gasteiger partial charge in [-0.25, -0.2) is 0 Å². The molecule has 0 bridgehead atoms. The summed E-state index contributed by atoms with van der Waals surface area (Å²) in [6.07, 6.45) is 3.17. The first-order valence-electron chi connectivity index (χ1n) is 5.56. The molecule has 1 aromatic rings. The van der Waals surface area contributed by atoms with Gasteiger partial charge in [-0.05, 0) is 37.6 Å². The van der Waals surface area contributed by atoms with Crippen molar-refractivity contribution in [2.45, 2.75) is 25.3 Å². The van der Waals surface area contributed by atoms with Crippen molar-refractivity contribution in [2.24, 2.45) is 5.41 Å². The number of nitrogens with zero attached hydrogens (tertiary/aromatic N) is 1. The normalized spacial score (nSPS) is 19.6. The Morgan fingerprint density at radius 3 is 2.69 bits per heavy atom. The van der Waals surface area contributed by atoms with Crippen molar-refractivity contribution in [3.05, 3.63) is 34.3 Å². The first-order valence-corrected chi connectivity index (χ1v) is 6.35. The summed E-state index contributed by atoms with van der Waals surface area (Å²) in [5.74, 6) is 0. The van der Waals surface area contributed by atoms with E-state index in [4.69, 9.17) is 0 Å². The number of hydrogen-bond donors (Lipinski definition) is 1. The number of halogens is 1. The van der Waals surface area contributed by atoms with Crippen LogP contribution in [0.3, 0.4) is 0 Å². The first-order chi connectivity index (χ1) is 7.72. The molecule has 0 radical (unpaired) electrons. The van der Waals surface area contributed by atoms with Gasteiger partial charge in [-0.2, -0.15) is 5.26 Å². The Morgan fingerprint density at radius 2 is 2.25 bits per heavy atom. The topological polar surface area (TPSA) is 35.8 Å². The number of nitrogens with one attached hydrogen (secondary N) is 1. The van der Waals surface area contributed by atoms with E-state index in [2.05, 4.69) is 39.4 Å². The first kappa shape index (κ1) is 11.6. The maximum atomic E-state index is 9.37. The number of nitriles is 1. The van der Waals surface area contributed by atoms with Gasteiger partial charge in [0, 0.05) is 4.47 Å². The fourth-order valence-electron chi connectivity index (χ4n) is 2.47. The summed E-state index contributed by atoms with van der Waals surface area (Å²) < 4.78 is 1.07. The molecule has 1 unspecified atom stereocenters. The number of rotatable bonds is 3. The Kier molecular flexibility index (Phi) is 3.32. The van der Waals surface area contributed by atoms with Gasteiger partial charge in [0.2, 0.25) is 0 Å². The molecule has 84 valence electrons. The van der Waals surface area contributed by atoms with E-state index in [1.165, 1.54) is 12.0 Å². The molecule has 0 aromatic heterocycles. The highest BCUT2D eigenvalue weighted by Gasteiger charge is 2.44. The Morgan fingerprint density at radius 1 is 1.50 bits per heavy atom. The molecule has 2 nitrogen and oxygen atoms in total. The van der Waals surface area contributed by atoms with Gasteiger partial charge in [-0.1, -0.05) is 34.5 Å². The van der Waals surface area contributed by atoms with E-state index in [1.54, 1.807) is 0 Å². The third-order valence-electron chi connectivity index (χ3n) is 3.49. The molecule has 1 saturated carbocycles. The molecule has 2 rings (SSSR count). The molecule has 3 heteroatoms. The lowest BCUT2D eigenvalue weighted by molar-refractivity contribution is 0.149. The van der Waals surface area contributed by atoms with Gasteiger partial charge in [0.15, 0.2) is 0 Å². The molecule has 1 aliphatic carbocycles. The van der Waals surface area contributed by atoms with Crippen molar-refractivity contribution in [1.82, 2.24) is 5.32 Å². The molecule has 0 spiro atoms. The van der Waals surface area contributed by atoms with Crippen molar-refractivity contribution >= 4 is 15.9 Å². The van der Waals surface area contributed by atoms with E-state index in [0.717, 1.165) is 17.3 Å². The number of benzene rings is 1. The van der Waals surface area contributed by atoms with Crippen molar-refractivity contribution in [1.29, 1.82) is 5.26 Å². The molecule has 0 heterocycles. The van der Waals surface area contributed by atoms with Gasteiger partial charge < -0.3 is 5.32 Å². The summed E-state index contributed by atoms with van der Waals surface area (Å²) in [5.41, 5.74) is 0.994. The lowest BCUT2D eigenvalue weighted by Gasteiger charge is -2.42. The smallest absolute Gasteiger partial charge is 0.0768 e. The quantitative estimate of drug-likeness (QED) is 0.920. The van der Waals surface area contributed by atoms with Crippen LogP contribution in [0.1, 0.15) is 30.9 Å². The predicted octanol–water partition coefficient (Wildman–Crippen LogP) is 3.40. The number of hydrogen-bond acceptors (Lipinski definition) is 2. The van der Waals surface area contributed by atoms with Crippen LogP contribution >= 0.6 is 15.9 Å². The van der Waals surface area contributed by atoms with Crippen molar-refractivity contribution in [3.8, 4) is 6.07 Å². The Bertz CT molecular complexity index is 418. The van der Waals surface area contributed by atoms with E-state index in [1.807, 2.05) is 19.2 Å². The van der Waals surface area contributed by atoms with E-state index in [-0.39, 0.29) is 11.5 Å². The van der Waals surface area contributed by atoms with Crippen LogP contribution in [0.2, 0.25) is 0 Å². The zero-order valence-electron chi connectivity index (χ0n) is 9.33. The zero-order chi connectivity index (χ0) is 11.6. The van der Waals surface area contributed by atoms with E-state index < -0.39 is 0 Å². The van der Waals surface area contributed by atoms with Gasteiger partial charge in [-0.3, -0.25) is 0 Å². The second-order valence-electron chi connectivity index (χ2n) is 4.40. The van der Waals surface area contributed by atoms with Crippen LogP contribution in [0, 0.1) is 16.7 Å². The molecule has 1 aliphatic rings. The van der Waals surface area contributed by atoms with Gasteiger partial charge >= 0.3 is 0 Å². The highest BCUT2D eigenvalue weighted by molar-refractivity contribution is 9.10. The SMILES string of the molecule is CNC(c1cccc(Br)c1)C1(C#N)CCC1. The minimum atomic E-state index is -0.199. The molecule has 16 heavy (non-hydrogen) atoms. The maximum absolute atomic E-state index is 9.37. The summed E-state index contributed by atoms with van der Waals surface area (Å²) in [6.45, 7) is 0. The Hall–Kier alpha value is -0.850. The average Bonchev–Trinajstić information content (AvgIpc) is 2.23. The standard InChI is InChI=1S/C13H15BrN2/c1-16-12(13(9-15)6-3-7-13)10-4-2-5-11(14)8-10/h2,4-5,8,12,16H,3,6-7H2,1H3. The van der Waals surface area contributed by atoms with Crippen LogP contribution < -0.4 is 5.32 Å². The van der Waals surface area contributed by atoms with Crippen LogP contribution in [-0.2, 0) is 0 Å². The fourth-order valence-corrected chi connectivity index (χ4v) is 2.89. The van der Waals surface area contributed by atoms with E-state index >= 15 is 0 Å². The molecular weight excluding hydrogens is 264 g/mol. The molecule has 1 N–H and O–H groups in total. The molecule has 1 aromatic carbocycles. The van der Waals surface area contributed by atoms with Gasteiger partial charge in [0.25, 0.3) is 0 Å². The lowest BCUT2D eigenvalue weighted by atomic mass is 9.63. The highest BCUT2D eigenvalue weighted by Crippen LogP contribution is 2.49.